The van der Waals surface area contributed by atoms with Gasteiger partial charge in [-0.05, 0) is 6.08 Å². The molecular formula is C8H9NO3S. The quantitative estimate of drug-likeness (QED) is 0.616. The van der Waals surface area contributed by atoms with Crippen molar-refractivity contribution in [3.63, 3.8) is 0 Å². The highest BCUT2D eigenvalue weighted by molar-refractivity contribution is 7.94. The molecule has 0 aromatic carbocycles. The van der Waals surface area contributed by atoms with Crippen molar-refractivity contribution in [3.05, 3.63) is 35.8 Å². The molecule has 13 heavy (non-hydrogen) atoms. The van der Waals surface area contributed by atoms with Crippen molar-refractivity contribution in [1.82, 2.24) is 4.72 Å². The van der Waals surface area contributed by atoms with Crippen LogP contribution in [0, 0.1) is 0 Å². The Labute approximate surface area is 76.7 Å². The molecule has 1 aliphatic rings. The van der Waals surface area contributed by atoms with Crippen molar-refractivity contribution in [3.8, 4) is 0 Å². The fourth-order valence-electron chi connectivity index (χ4n) is 0.763. The minimum Gasteiger partial charge on any atom is -0.274 e. The highest BCUT2D eigenvalue weighted by Gasteiger charge is 2.16. The molecule has 0 aromatic heterocycles. The van der Waals surface area contributed by atoms with Crippen LogP contribution in [0.4, 0.5) is 0 Å². The van der Waals surface area contributed by atoms with E-state index >= 15 is 0 Å². The van der Waals surface area contributed by atoms with Crippen LogP contribution in [-0.4, -0.2) is 14.3 Å². The highest BCUT2D eigenvalue weighted by Crippen LogP contribution is 2.05. The van der Waals surface area contributed by atoms with Gasteiger partial charge in [0.25, 0.3) is 10.0 Å². The van der Waals surface area contributed by atoms with E-state index in [0.29, 0.717) is 0 Å². The zero-order chi connectivity index (χ0) is 9.90. The highest BCUT2D eigenvalue weighted by atomic mass is 32.2. The largest absolute Gasteiger partial charge is 0.274 e. The van der Waals surface area contributed by atoms with Crippen LogP contribution in [0.3, 0.4) is 0 Å². The van der Waals surface area contributed by atoms with Crippen molar-refractivity contribution in [2.45, 2.75) is 6.42 Å². The first-order valence-corrected chi connectivity index (χ1v) is 5.08. The minimum absolute atomic E-state index is 0.0524. The summed E-state index contributed by atoms with van der Waals surface area (Å²) in [5.74, 6) is -0.555. The molecule has 1 N–H and O–H groups in total. The Hall–Kier alpha value is -1.36. The van der Waals surface area contributed by atoms with Crippen molar-refractivity contribution in [2.75, 3.05) is 0 Å². The van der Waals surface area contributed by atoms with E-state index in [9.17, 15) is 13.2 Å². The molecule has 0 unspecified atom stereocenters. The van der Waals surface area contributed by atoms with Gasteiger partial charge in [0.05, 0.1) is 4.91 Å². The van der Waals surface area contributed by atoms with E-state index in [1.165, 1.54) is 12.2 Å². The number of nitrogens with one attached hydrogen (secondary N) is 1. The Morgan fingerprint density at radius 2 is 2.08 bits per heavy atom. The number of hydrogen-bond acceptors (Lipinski definition) is 3. The van der Waals surface area contributed by atoms with E-state index in [4.69, 9.17) is 0 Å². The van der Waals surface area contributed by atoms with Gasteiger partial charge in [0.1, 0.15) is 0 Å². The molecule has 1 heterocycles. The maximum Gasteiger partial charge on any atom is 0.263 e. The van der Waals surface area contributed by atoms with Crippen LogP contribution in [-0.2, 0) is 14.8 Å². The van der Waals surface area contributed by atoms with Gasteiger partial charge >= 0.3 is 0 Å². The fourth-order valence-corrected chi connectivity index (χ4v) is 1.54. The third-order valence-corrected chi connectivity index (χ3v) is 2.75. The first-order valence-electron chi connectivity index (χ1n) is 3.60. The van der Waals surface area contributed by atoms with Crippen molar-refractivity contribution >= 4 is 15.9 Å². The number of sulfonamides is 1. The third-order valence-electron chi connectivity index (χ3n) is 1.43. The molecule has 0 saturated heterocycles. The number of carbonyl (C=O) groups excluding carboxylic acids is 1. The summed E-state index contributed by atoms with van der Waals surface area (Å²) in [4.78, 5) is 10.8. The SMILES string of the molecule is C=C1/C=C\C=C/CC(=O)NS1(=O)=O. The molecule has 70 valence electrons. The molecule has 0 atom stereocenters. The lowest BCUT2D eigenvalue weighted by atomic mass is 10.3. The van der Waals surface area contributed by atoms with E-state index in [1.807, 2.05) is 4.72 Å². The number of allylic oxidation sites excluding steroid dienone is 3. The van der Waals surface area contributed by atoms with E-state index in [0.717, 1.165) is 0 Å². The van der Waals surface area contributed by atoms with Gasteiger partial charge in [-0.1, -0.05) is 24.8 Å². The van der Waals surface area contributed by atoms with E-state index in [1.54, 1.807) is 12.2 Å². The third kappa shape index (κ3) is 2.55. The smallest absolute Gasteiger partial charge is 0.263 e. The average Bonchev–Trinajstić information content (AvgIpc) is 2.05. The molecule has 0 aliphatic carbocycles. The summed E-state index contributed by atoms with van der Waals surface area (Å²) in [6.45, 7) is 3.32. The van der Waals surface area contributed by atoms with Gasteiger partial charge < -0.3 is 0 Å². The zero-order valence-electron chi connectivity index (χ0n) is 6.86. The van der Waals surface area contributed by atoms with E-state index < -0.39 is 15.9 Å². The Kier molecular flexibility index (Phi) is 2.67. The molecule has 0 bridgehead atoms. The molecule has 5 heteroatoms. The maximum atomic E-state index is 11.2. The predicted octanol–water partition coefficient (Wildman–Crippen LogP) is 0.462. The Morgan fingerprint density at radius 1 is 1.38 bits per heavy atom. The number of carbonyl (C=O) groups is 1. The van der Waals surface area contributed by atoms with Gasteiger partial charge in [0.2, 0.25) is 5.91 Å². The molecule has 0 spiro atoms. The molecule has 1 amide bonds. The maximum absolute atomic E-state index is 11.2. The van der Waals surface area contributed by atoms with Crippen molar-refractivity contribution in [2.24, 2.45) is 0 Å². The molecular weight excluding hydrogens is 190 g/mol. The first-order chi connectivity index (χ1) is 6.02. The summed E-state index contributed by atoms with van der Waals surface area (Å²) < 4.78 is 24.3. The van der Waals surface area contributed by atoms with Crippen molar-refractivity contribution in [1.29, 1.82) is 0 Å². The minimum atomic E-state index is -3.71. The van der Waals surface area contributed by atoms with Crippen LogP contribution in [0.15, 0.2) is 35.8 Å². The Morgan fingerprint density at radius 3 is 2.77 bits per heavy atom. The summed E-state index contributed by atoms with van der Waals surface area (Å²) >= 11 is 0. The summed E-state index contributed by atoms with van der Waals surface area (Å²) in [5.41, 5.74) is 0. The van der Waals surface area contributed by atoms with Gasteiger partial charge in [-0.3, -0.25) is 4.79 Å². The number of amides is 1. The monoisotopic (exact) mass is 199 g/mol. The van der Waals surface area contributed by atoms with Crippen LogP contribution in [0.1, 0.15) is 6.42 Å². The van der Waals surface area contributed by atoms with Gasteiger partial charge in [-0.25, -0.2) is 13.1 Å². The molecule has 0 fully saturated rings. The lowest BCUT2D eigenvalue weighted by Gasteiger charge is -2.03. The molecule has 1 aliphatic heterocycles. The molecule has 4 nitrogen and oxygen atoms in total. The number of hydrogen-bond donors (Lipinski definition) is 1. The second-order valence-corrected chi connectivity index (χ2v) is 4.22. The normalized spacial score (nSPS) is 26.5. The Bertz CT molecular complexity index is 390. The Balaban J connectivity index is 3.03. The predicted molar refractivity (Wildman–Crippen MR) is 49.1 cm³/mol. The topological polar surface area (TPSA) is 63.2 Å². The van der Waals surface area contributed by atoms with Gasteiger partial charge in [0, 0.05) is 6.42 Å². The standard InChI is InChI=1S/C8H9NO3S/c1-7-5-3-2-4-6-8(10)9-13(7,11)12/h2-5H,1,6H2,(H,9,10)/b4-2-,5-3-. The zero-order valence-corrected chi connectivity index (χ0v) is 7.67. The summed E-state index contributed by atoms with van der Waals surface area (Å²) in [7, 11) is -3.71. The van der Waals surface area contributed by atoms with Crippen LogP contribution >= 0.6 is 0 Å². The lowest BCUT2D eigenvalue weighted by Crippen LogP contribution is -2.30. The lowest BCUT2D eigenvalue weighted by molar-refractivity contribution is -0.118. The summed E-state index contributed by atoms with van der Waals surface area (Å²) in [5, 5.41) is 0. The van der Waals surface area contributed by atoms with Gasteiger partial charge in [-0.2, -0.15) is 0 Å². The molecule has 0 saturated carbocycles. The van der Waals surface area contributed by atoms with E-state index in [-0.39, 0.29) is 11.3 Å². The number of rotatable bonds is 0. The molecule has 1 rings (SSSR count). The van der Waals surface area contributed by atoms with Gasteiger partial charge in [-0.15, -0.1) is 0 Å². The van der Waals surface area contributed by atoms with Crippen LogP contribution in [0.5, 0.6) is 0 Å². The first kappa shape index (κ1) is 9.73. The molecule has 0 aromatic rings. The summed E-state index contributed by atoms with van der Waals surface area (Å²) in [6, 6.07) is 0. The fraction of sp³-hybridized carbons (Fsp3) is 0.125. The van der Waals surface area contributed by atoms with Crippen LogP contribution in [0.2, 0.25) is 0 Å². The van der Waals surface area contributed by atoms with Gasteiger partial charge in [0.15, 0.2) is 0 Å². The summed E-state index contributed by atoms with van der Waals surface area (Å²) in [6.07, 6.45) is 6.08. The second-order valence-electron chi connectivity index (χ2n) is 2.49. The molecule has 0 radical (unpaired) electrons. The van der Waals surface area contributed by atoms with Crippen LogP contribution < -0.4 is 4.72 Å². The van der Waals surface area contributed by atoms with Crippen LogP contribution in [0.25, 0.3) is 0 Å². The van der Waals surface area contributed by atoms with E-state index in [2.05, 4.69) is 6.58 Å². The van der Waals surface area contributed by atoms with Crippen molar-refractivity contribution < 1.29 is 13.2 Å². The average molecular weight is 199 g/mol. The second kappa shape index (κ2) is 3.57.